The Kier molecular flexibility index (Phi) is 13.1. The van der Waals surface area contributed by atoms with Crippen LogP contribution < -0.4 is 9.80 Å². The van der Waals surface area contributed by atoms with Gasteiger partial charge in [0.15, 0.2) is 0 Å². The Labute approximate surface area is 349 Å². The van der Waals surface area contributed by atoms with Gasteiger partial charge in [-0.15, -0.1) is 0 Å². The van der Waals surface area contributed by atoms with E-state index in [1.807, 2.05) is 0 Å². The fourth-order valence-corrected chi connectivity index (χ4v) is 8.34. The maximum Gasteiger partial charge on any atom is 0.0923 e. The molecule has 1 aliphatic carbocycles. The average Bonchev–Trinajstić information content (AvgIpc) is 3.27. The number of unbranched alkanes of at least 4 members (excludes halogenated alkanes) is 2. The lowest BCUT2D eigenvalue weighted by molar-refractivity contribution is 0.548. The highest BCUT2D eigenvalue weighted by Gasteiger charge is 2.38. The molecular weight excluding hydrogens is 701 g/mol. The molecule has 6 aromatic rings. The molecule has 6 aromatic carbocycles. The van der Waals surface area contributed by atoms with Crippen molar-refractivity contribution < 1.29 is 0 Å². The zero-order valence-electron chi connectivity index (χ0n) is 35.7. The van der Waals surface area contributed by atoms with Crippen LogP contribution in [-0.2, 0) is 18.4 Å². The fourth-order valence-electron chi connectivity index (χ4n) is 8.34. The molecule has 0 aliphatic heterocycles. The van der Waals surface area contributed by atoms with Gasteiger partial charge in [0.1, 0.15) is 0 Å². The second-order valence-corrected chi connectivity index (χ2v) is 16.7. The Bertz CT molecular complexity index is 2240. The molecule has 1 aliphatic rings. The van der Waals surface area contributed by atoms with E-state index in [1.54, 1.807) is 0 Å². The van der Waals surface area contributed by atoms with Crippen molar-refractivity contribution in [3.63, 3.8) is 0 Å². The van der Waals surface area contributed by atoms with E-state index in [4.69, 9.17) is 0 Å². The Morgan fingerprint density at radius 1 is 0.500 bits per heavy atom. The minimum atomic E-state index is -0.419. The maximum absolute atomic E-state index is 2.57. The minimum Gasteiger partial charge on any atom is -0.327 e. The van der Waals surface area contributed by atoms with Crippen molar-refractivity contribution in [1.29, 1.82) is 0 Å². The summed E-state index contributed by atoms with van der Waals surface area (Å²) >= 11 is 0. The van der Waals surface area contributed by atoms with E-state index in [-0.39, 0.29) is 0 Å². The molecule has 0 N–H and O–H groups in total. The monoisotopic (exact) mass is 762 g/mol. The largest absolute Gasteiger partial charge is 0.327 e. The smallest absolute Gasteiger partial charge is 0.0923 e. The predicted molar refractivity (Wildman–Crippen MR) is 251 cm³/mol. The van der Waals surface area contributed by atoms with Crippen molar-refractivity contribution in [3.8, 4) is 0 Å². The van der Waals surface area contributed by atoms with Crippen LogP contribution in [0.5, 0.6) is 0 Å². The molecule has 2 nitrogen and oxygen atoms in total. The van der Waals surface area contributed by atoms with E-state index < -0.39 is 5.54 Å². The van der Waals surface area contributed by atoms with Crippen LogP contribution in [0.25, 0.3) is 5.57 Å². The molecule has 1 atom stereocenters. The van der Waals surface area contributed by atoms with Crippen LogP contribution in [0.2, 0.25) is 0 Å². The van der Waals surface area contributed by atoms with E-state index >= 15 is 0 Å². The van der Waals surface area contributed by atoms with Gasteiger partial charge in [0.25, 0.3) is 0 Å². The molecular formula is C56H62N2. The second kappa shape index (κ2) is 18.8. The van der Waals surface area contributed by atoms with Crippen LogP contribution in [0.15, 0.2) is 170 Å². The summed E-state index contributed by atoms with van der Waals surface area (Å²) in [5.41, 5.74) is 14.7. The Morgan fingerprint density at radius 3 is 1.36 bits per heavy atom. The van der Waals surface area contributed by atoms with Gasteiger partial charge in [-0.05, 0) is 144 Å². The lowest BCUT2D eigenvalue weighted by atomic mass is 9.78. The van der Waals surface area contributed by atoms with Crippen molar-refractivity contribution in [1.82, 2.24) is 0 Å². The highest BCUT2D eigenvalue weighted by molar-refractivity contribution is 5.82. The van der Waals surface area contributed by atoms with Gasteiger partial charge in [0.2, 0.25) is 0 Å². The van der Waals surface area contributed by atoms with E-state index in [2.05, 4.69) is 221 Å². The zero-order chi connectivity index (χ0) is 40.5. The van der Waals surface area contributed by atoms with Gasteiger partial charge in [-0.3, -0.25) is 0 Å². The van der Waals surface area contributed by atoms with Crippen molar-refractivity contribution >= 4 is 34.0 Å². The number of hydrogen-bond donors (Lipinski definition) is 0. The molecule has 296 valence electrons. The summed E-state index contributed by atoms with van der Waals surface area (Å²) in [4.78, 5) is 4.96. The number of allylic oxidation sites excluding steroid dienone is 2. The molecule has 0 fully saturated rings. The molecule has 7 rings (SSSR count). The van der Waals surface area contributed by atoms with Crippen molar-refractivity contribution in [3.05, 3.63) is 203 Å². The van der Waals surface area contributed by atoms with Gasteiger partial charge < -0.3 is 9.80 Å². The van der Waals surface area contributed by atoms with Crippen LogP contribution in [0.4, 0.5) is 28.4 Å². The first-order valence-corrected chi connectivity index (χ1v) is 21.8. The molecule has 58 heavy (non-hydrogen) atoms. The summed E-state index contributed by atoms with van der Waals surface area (Å²) in [5.74, 6) is 0.967. The van der Waals surface area contributed by atoms with Crippen molar-refractivity contribution in [2.75, 3.05) is 9.80 Å². The maximum atomic E-state index is 2.57. The number of benzene rings is 6. The lowest BCUT2D eigenvalue weighted by Gasteiger charge is -2.45. The first kappa shape index (κ1) is 40.6. The molecule has 0 bridgehead atoms. The van der Waals surface area contributed by atoms with E-state index in [0.717, 1.165) is 24.9 Å². The van der Waals surface area contributed by atoms with Crippen molar-refractivity contribution in [2.24, 2.45) is 0 Å². The highest BCUT2D eigenvalue weighted by Crippen LogP contribution is 2.47. The summed E-state index contributed by atoms with van der Waals surface area (Å²) in [7, 11) is 0. The summed E-state index contributed by atoms with van der Waals surface area (Å²) in [6.45, 7) is 13.6. The third kappa shape index (κ3) is 9.08. The summed E-state index contributed by atoms with van der Waals surface area (Å²) in [6, 6.07) is 57.0. The molecule has 0 spiro atoms. The summed E-state index contributed by atoms with van der Waals surface area (Å²) in [6.07, 6.45) is 15.2. The quantitative estimate of drug-likeness (QED) is 0.0969. The Hall–Kier alpha value is -5.60. The highest BCUT2D eigenvalue weighted by atomic mass is 15.2. The normalized spacial score (nSPS) is 15.1. The van der Waals surface area contributed by atoms with Crippen LogP contribution in [0, 0.1) is 0 Å². The summed E-state index contributed by atoms with van der Waals surface area (Å²) < 4.78 is 0. The van der Waals surface area contributed by atoms with Gasteiger partial charge in [-0.2, -0.15) is 0 Å². The van der Waals surface area contributed by atoms with Gasteiger partial charge in [0, 0.05) is 28.4 Å². The minimum absolute atomic E-state index is 0.419. The van der Waals surface area contributed by atoms with Crippen molar-refractivity contribution in [2.45, 2.75) is 104 Å². The average molecular weight is 763 g/mol. The van der Waals surface area contributed by atoms with E-state index in [1.165, 1.54) is 87.4 Å². The lowest BCUT2D eigenvalue weighted by Crippen LogP contribution is -2.42. The van der Waals surface area contributed by atoms with Crippen LogP contribution in [-0.4, -0.2) is 0 Å². The number of rotatable bonds is 16. The Morgan fingerprint density at radius 2 is 0.931 bits per heavy atom. The SMILES string of the molecule is CCCCc1ccc(N(c2ccc(C3=CCC(c4ccccc4)(N(c4ccc(CCCC)cc4)c4ccc(C(C)C)cc4)C=C3)cc2)c2ccc(C(C)C)cc2)cc1. The topological polar surface area (TPSA) is 6.48 Å². The standard InChI is InChI=1S/C56H62N2/c1-7-9-14-44-18-28-51(29-19-44)57(52-32-22-46(23-33-52)42(3)4)53-34-26-48(27-35-53)49-38-40-56(41-39-49,50-16-12-11-13-17-50)58(55-36-24-47(25-37-55)43(5)6)54-30-20-45(21-31-54)15-10-8-2/h11-13,16-40,42-43H,7-10,14-15,41H2,1-6H3. The third-order valence-electron chi connectivity index (χ3n) is 12.0. The van der Waals surface area contributed by atoms with E-state index in [9.17, 15) is 0 Å². The van der Waals surface area contributed by atoms with Crippen LogP contribution in [0.1, 0.15) is 119 Å². The molecule has 0 amide bonds. The molecule has 1 unspecified atom stereocenters. The van der Waals surface area contributed by atoms with E-state index in [0.29, 0.717) is 11.8 Å². The molecule has 0 saturated carbocycles. The number of hydrogen-bond acceptors (Lipinski definition) is 2. The third-order valence-corrected chi connectivity index (χ3v) is 12.0. The predicted octanol–water partition coefficient (Wildman–Crippen LogP) is 16.2. The van der Waals surface area contributed by atoms with Gasteiger partial charge in [-0.25, -0.2) is 0 Å². The van der Waals surface area contributed by atoms with Gasteiger partial charge in [-0.1, -0.05) is 164 Å². The van der Waals surface area contributed by atoms with Crippen LogP contribution >= 0.6 is 0 Å². The molecule has 0 radical (unpaired) electrons. The molecule has 0 aromatic heterocycles. The number of nitrogens with zero attached hydrogens (tertiary/aromatic N) is 2. The van der Waals surface area contributed by atoms with Gasteiger partial charge >= 0.3 is 0 Å². The molecule has 0 heterocycles. The number of aryl methyl sites for hydroxylation is 2. The second-order valence-electron chi connectivity index (χ2n) is 16.7. The summed E-state index contributed by atoms with van der Waals surface area (Å²) in [5, 5.41) is 0. The fraction of sp³-hybridized carbons (Fsp3) is 0.286. The van der Waals surface area contributed by atoms with Crippen LogP contribution in [0.3, 0.4) is 0 Å². The Balaban J connectivity index is 1.24. The molecule has 0 saturated heterocycles. The first-order valence-electron chi connectivity index (χ1n) is 21.8. The molecule has 2 heteroatoms. The van der Waals surface area contributed by atoms with Gasteiger partial charge in [0.05, 0.1) is 5.54 Å². The number of anilines is 5. The zero-order valence-corrected chi connectivity index (χ0v) is 35.7. The first-order chi connectivity index (χ1) is 28.3.